The highest BCUT2D eigenvalue weighted by Crippen LogP contribution is 2.32. The predicted octanol–water partition coefficient (Wildman–Crippen LogP) is 7.43. The van der Waals surface area contributed by atoms with Crippen LogP contribution >= 0.6 is 0 Å². The van der Waals surface area contributed by atoms with E-state index in [1.54, 1.807) is 13.2 Å². The molecule has 0 saturated heterocycles. The molecule has 10 heteroatoms. The molecule has 0 amide bonds. The van der Waals surface area contributed by atoms with Gasteiger partial charge in [0, 0.05) is 60.8 Å². The van der Waals surface area contributed by atoms with E-state index in [4.69, 9.17) is 14.7 Å². The first-order valence-corrected chi connectivity index (χ1v) is 16.9. The topological polar surface area (TPSA) is 108 Å². The second kappa shape index (κ2) is 14.3. The average Bonchev–Trinajstić information content (AvgIpc) is 3.06. The zero-order chi connectivity index (χ0) is 31.4. The lowest BCUT2D eigenvalue weighted by atomic mass is 9.82. The van der Waals surface area contributed by atoms with Crippen LogP contribution in [0.25, 0.3) is 21.7 Å². The number of anilines is 4. The molecular weight excluding hydrogens is 597 g/mol. The lowest BCUT2D eigenvalue weighted by molar-refractivity contribution is 0.284. The monoisotopic (exact) mass is 640 g/mol. The minimum atomic E-state index is -3.65. The van der Waals surface area contributed by atoms with Gasteiger partial charge < -0.3 is 20.3 Å². The molecule has 5 aromatic rings. The van der Waals surface area contributed by atoms with Gasteiger partial charge in [-0.05, 0) is 73.9 Å². The molecule has 6 rings (SSSR count). The third kappa shape index (κ3) is 7.35. The Morgan fingerprint density at radius 3 is 2.24 bits per heavy atom. The van der Waals surface area contributed by atoms with Crippen molar-refractivity contribution in [2.24, 2.45) is 11.8 Å². The Bertz CT molecular complexity index is 1910. The Balaban J connectivity index is 0.00000417. The third-order valence-electron chi connectivity index (χ3n) is 8.64. The number of rotatable bonds is 11. The van der Waals surface area contributed by atoms with Crippen molar-refractivity contribution in [3.05, 3.63) is 84.9 Å². The lowest BCUT2D eigenvalue weighted by Crippen LogP contribution is -2.32. The highest BCUT2D eigenvalue weighted by molar-refractivity contribution is 7.89. The van der Waals surface area contributed by atoms with Crippen molar-refractivity contribution in [3.63, 3.8) is 0 Å². The summed E-state index contributed by atoms with van der Waals surface area (Å²) in [5.74, 6) is 2.86. The van der Waals surface area contributed by atoms with Crippen LogP contribution in [-0.2, 0) is 10.0 Å². The van der Waals surface area contributed by atoms with Crippen LogP contribution in [0, 0.1) is 11.8 Å². The van der Waals surface area contributed by atoms with E-state index in [0.29, 0.717) is 29.2 Å². The number of hydrogen-bond acceptors (Lipinski definition) is 8. The average molecular weight is 641 g/mol. The van der Waals surface area contributed by atoms with E-state index < -0.39 is 10.0 Å². The van der Waals surface area contributed by atoms with E-state index >= 15 is 0 Å². The van der Waals surface area contributed by atoms with Crippen LogP contribution in [0.5, 0.6) is 5.75 Å². The molecule has 0 bridgehead atoms. The Hall–Kier alpha value is -4.41. The highest BCUT2D eigenvalue weighted by atomic mass is 32.2. The fraction of sp³-hybridized carbons (Fsp3) is 0.333. The molecule has 1 fully saturated rings. The van der Waals surface area contributed by atoms with E-state index in [1.807, 2.05) is 97.9 Å². The molecule has 0 aliphatic heterocycles. The molecule has 3 N–H and O–H groups in total. The minimum absolute atomic E-state index is 0. The molecule has 242 valence electrons. The van der Waals surface area contributed by atoms with Crippen LogP contribution in [0.3, 0.4) is 0 Å². The number of fused-ring (bicyclic) bond motifs is 2. The fourth-order valence-corrected chi connectivity index (χ4v) is 7.49. The third-order valence-corrected chi connectivity index (χ3v) is 10.1. The maximum atomic E-state index is 13.4. The first kappa shape index (κ1) is 33.0. The van der Waals surface area contributed by atoms with Crippen LogP contribution in [-0.4, -0.2) is 52.7 Å². The zero-order valence-corrected chi connectivity index (χ0v) is 26.8. The highest BCUT2D eigenvalue weighted by Gasteiger charge is 2.25. The Morgan fingerprint density at radius 2 is 1.48 bits per heavy atom. The second-order valence-corrected chi connectivity index (χ2v) is 13.6. The molecule has 1 saturated carbocycles. The molecular formula is C36H44N6O3S. The first-order chi connectivity index (χ1) is 21.8. The number of hydrogen-bond donors (Lipinski definition) is 3. The van der Waals surface area contributed by atoms with E-state index in [0.717, 1.165) is 76.8 Å². The zero-order valence-electron chi connectivity index (χ0n) is 26.0. The molecule has 1 aliphatic carbocycles. The Morgan fingerprint density at radius 1 is 0.804 bits per heavy atom. The van der Waals surface area contributed by atoms with Gasteiger partial charge in [0.15, 0.2) is 0 Å². The van der Waals surface area contributed by atoms with Crippen LogP contribution in [0.2, 0.25) is 0 Å². The van der Waals surface area contributed by atoms with Gasteiger partial charge in [-0.3, -0.25) is 0 Å². The number of nitrogens with one attached hydrogen (secondary N) is 3. The minimum Gasteiger partial charge on any atom is -0.497 e. The van der Waals surface area contributed by atoms with Gasteiger partial charge in [0.25, 0.3) is 0 Å². The van der Waals surface area contributed by atoms with Crippen molar-refractivity contribution >= 4 is 54.8 Å². The summed E-state index contributed by atoms with van der Waals surface area (Å²) in [4.78, 5) is 11.9. The predicted molar refractivity (Wildman–Crippen MR) is 190 cm³/mol. The van der Waals surface area contributed by atoms with Crippen molar-refractivity contribution in [2.75, 3.05) is 49.8 Å². The van der Waals surface area contributed by atoms with Gasteiger partial charge in [-0.15, -0.1) is 0 Å². The molecule has 4 aromatic carbocycles. The number of methoxy groups -OCH3 is 1. The second-order valence-electron chi connectivity index (χ2n) is 11.9. The lowest BCUT2D eigenvalue weighted by Gasteiger charge is -2.29. The molecule has 0 radical (unpaired) electrons. The number of para-hydroxylation sites is 1. The smallest absolute Gasteiger partial charge is 0.241 e. The van der Waals surface area contributed by atoms with Crippen LogP contribution < -0.4 is 25.0 Å². The van der Waals surface area contributed by atoms with Crippen LogP contribution in [0.15, 0.2) is 89.8 Å². The summed E-state index contributed by atoms with van der Waals surface area (Å²) < 4.78 is 35.1. The fourth-order valence-electron chi connectivity index (χ4n) is 6.16. The number of nitrogens with zero attached hydrogens (tertiary/aromatic N) is 3. The summed E-state index contributed by atoms with van der Waals surface area (Å²) in [6, 6.07) is 27.0. The van der Waals surface area contributed by atoms with Gasteiger partial charge in [-0.1, -0.05) is 49.9 Å². The maximum absolute atomic E-state index is 13.4. The summed E-state index contributed by atoms with van der Waals surface area (Å²) in [6.07, 6.45) is 3.97. The summed E-state index contributed by atoms with van der Waals surface area (Å²) in [6.45, 7) is 1.21. The largest absolute Gasteiger partial charge is 0.497 e. The molecule has 0 atom stereocenters. The van der Waals surface area contributed by atoms with E-state index in [2.05, 4.69) is 15.4 Å². The molecule has 1 aliphatic rings. The van der Waals surface area contributed by atoms with Gasteiger partial charge in [0.05, 0.1) is 17.5 Å². The van der Waals surface area contributed by atoms with Crippen LogP contribution in [0.4, 0.5) is 23.1 Å². The number of aromatic nitrogens is 2. The normalized spacial score (nSPS) is 16.5. The molecule has 0 spiro atoms. The summed E-state index contributed by atoms with van der Waals surface area (Å²) in [7, 11) is 1.94. The summed E-state index contributed by atoms with van der Waals surface area (Å²) in [5.41, 5.74) is 2.74. The standard InChI is InChI=1S/C35H40N6O3S.CH4/c1-41(2)32-15-7-13-29-28(32)12-8-16-33(29)45(42,43)37-23-25-19-17-24(18-20-25)22-36-35-39-31-14-5-4-11-30(31)34(40-35)38-26-9-6-10-27(21-26)44-3;/h4-16,21,24-25,37H,17-20,22-23H2,1-3H3,(H2,36,38,39,40);1H4. The van der Waals surface area contributed by atoms with Crippen molar-refractivity contribution in [3.8, 4) is 5.75 Å². The molecule has 1 aromatic heterocycles. The van der Waals surface area contributed by atoms with Crippen molar-refractivity contribution < 1.29 is 13.2 Å². The number of ether oxygens (including phenoxy) is 1. The van der Waals surface area contributed by atoms with Crippen molar-refractivity contribution in [1.82, 2.24) is 14.7 Å². The Labute approximate surface area is 272 Å². The van der Waals surface area contributed by atoms with Gasteiger partial charge in [-0.25, -0.2) is 18.1 Å². The van der Waals surface area contributed by atoms with Gasteiger partial charge in [0.1, 0.15) is 11.6 Å². The van der Waals surface area contributed by atoms with E-state index in [-0.39, 0.29) is 7.43 Å². The molecule has 46 heavy (non-hydrogen) atoms. The van der Waals surface area contributed by atoms with Crippen molar-refractivity contribution in [1.29, 1.82) is 0 Å². The molecule has 1 heterocycles. The molecule has 0 unspecified atom stereocenters. The Kier molecular flexibility index (Phi) is 10.3. The van der Waals surface area contributed by atoms with E-state index in [9.17, 15) is 8.42 Å². The van der Waals surface area contributed by atoms with E-state index in [1.165, 1.54) is 0 Å². The number of benzene rings is 4. The maximum Gasteiger partial charge on any atom is 0.241 e. The van der Waals surface area contributed by atoms with Gasteiger partial charge >= 0.3 is 0 Å². The van der Waals surface area contributed by atoms with Gasteiger partial charge in [-0.2, -0.15) is 4.98 Å². The SMILES string of the molecule is C.COc1cccc(Nc2nc(NCC3CCC(CNS(=O)(=O)c4cccc5c(N(C)C)cccc45)CC3)nc3ccccc23)c1. The van der Waals surface area contributed by atoms with Crippen LogP contribution in [0.1, 0.15) is 33.1 Å². The van der Waals surface area contributed by atoms with Crippen molar-refractivity contribution in [2.45, 2.75) is 38.0 Å². The number of sulfonamides is 1. The summed E-state index contributed by atoms with van der Waals surface area (Å²) >= 11 is 0. The summed E-state index contributed by atoms with van der Waals surface area (Å²) in [5, 5.41) is 9.51. The quantitative estimate of drug-likeness (QED) is 0.137. The first-order valence-electron chi connectivity index (χ1n) is 15.4. The molecule has 9 nitrogen and oxygen atoms in total. The van der Waals surface area contributed by atoms with Gasteiger partial charge in [0.2, 0.25) is 16.0 Å².